The second-order valence-corrected chi connectivity index (χ2v) is 6.00. The van der Waals surface area contributed by atoms with Gasteiger partial charge in [0.25, 0.3) is 0 Å². The molecule has 21 heavy (non-hydrogen) atoms. The van der Waals surface area contributed by atoms with Crippen molar-refractivity contribution in [2.45, 2.75) is 38.6 Å². The fourth-order valence-corrected chi connectivity index (χ4v) is 3.30. The van der Waals surface area contributed by atoms with E-state index < -0.39 is 0 Å². The Morgan fingerprint density at radius 3 is 2.67 bits per heavy atom. The summed E-state index contributed by atoms with van der Waals surface area (Å²) < 4.78 is 13.2. The van der Waals surface area contributed by atoms with E-state index in [-0.39, 0.29) is 11.9 Å². The highest BCUT2D eigenvalue weighted by Gasteiger charge is 2.16. The Bertz CT molecular complexity index is 648. The Morgan fingerprint density at radius 2 is 1.90 bits per heavy atom. The van der Waals surface area contributed by atoms with E-state index in [0.717, 1.165) is 12.0 Å². The molecule has 1 atom stereocenters. The van der Waals surface area contributed by atoms with E-state index in [1.807, 2.05) is 20.0 Å². The lowest BCUT2D eigenvalue weighted by molar-refractivity contribution is 0.586. The van der Waals surface area contributed by atoms with Crippen LogP contribution in [0.4, 0.5) is 4.39 Å². The van der Waals surface area contributed by atoms with Crippen molar-refractivity contribution in [2.75, 3.05) is 7.05 Å². The molecule has 1 aliphatic rings. The summed E-state index contributed by atoms with van der Waals surface area (Å²) in [4.78, 5) is 0. The first-order valence-electron chi connectivity index (χ1n) is 7.71. The predicted octanol–water partition coefficient (Wildman–Crippen LogP) is 4.13. The molecule has 0 aliphatic heterocycles. The SMILES string of the molecule is CNC(Cc1ccc(F)cc1C)c1ccc2c(c1)CCC2. The van der Waals surface area contributed by atoms with Gasteiger partial charge in [0.15, 0.2) is 0 Å². The maximum absolute atomic E-state index is 13.2. The summed E-state index contributed by atoms with van der Waals surface area (Å²) in [5.41, 5.74) is 6.57. The van der Waals surface area contributed by atoms with Crippen molar-refractivity contribution in [1.82, 2.24) is 5.32 Å². The van der Waals surface area contributed by atoms with Crippen LogP contribution >= 0.6 is 0 Å². The Morgan fingerprint density at radius 1 is 1.10 bits per heavy atom. The first-order valence-corrected chi connectivity index (χ1v) is 7.71. The number of nitrogens with one attached hydrogen (secondary N) is 1. The summed E-state index contributed by atoms with van der Waals surface area (Å²) in [6, 6.07) is 12.2. The van der Waals surface area contributed by atoms with Crippen LogP contribution < -0.4 is 5.32 Å². The standard InChI is InChI=1S/C19H22FN/c1-13-10-18(20)9-8-15(13)12-19(21-2)17-7-6-14-4-3-5-16(14)11-17/h6-11,19,21H,3-5,12H2,1-2H3. The minimum Gasteiger partial charge on any atom is -0.313 e. The number of aryl methyl sites for hydroxylation is 3. The third kappa shape index (κ3) is 3.01. The number of likely N-dealkylation sites (N-methyl/N-ethyl adjacent to an activating group) is 1. The average molecular weight is 283 g/mol. The number of fused-ring (bicyclic) bond motifs is 1. The lowest BCUT2D eigenvalue weighted by atomic mass is 9.94. The topological polar surface area (TPSA) is 12.0 Å². The van der Waals surface area contributed by atoms with Crippen molar-refractivity contribution < 1.29 is 4.39 Å². The number of rotatable bonds is 4. The lowest BCUT2D eigenvalue weighted by Crippen LogP contribution is -2.19. The largest absolute Gasteiger partial charge is 0.313 e. The molecule has 2 heteroatoms. The van der Waals surface area contributed by atoms with Gasteiger partial charge in [0, 0.05) is 6.04 Å². The summed E-state index contributed by atoms with van der Waals surface area (Å²) in [6.45, 7) is 1.98. The highest BCUT2D eigenvalue weighted by atomic mass is 19.1. The Balaban J connectivity index is 1.85. The highest BCUT2D eigenvalue weighted by Crippen LogP contribution is 2.27. The van der Waals surface area contributed by atoms with E-state index in [2.05, 4.69) is 23.5 Å². The van der Waals surface area contributed by atoms with Gasteiger partial charge >= 0.3 is 0 Å². The second-order valence-electron chi connectivity index (χ2n) is 6.00. The molecule has 1 nitrogen and oxygen atoms in total. The van der Waals surface area contributed by atoms with Gasteiger partial charge in [-0.25, -0.2) is 4.39 Å². The van der Waals surface area contributed by atoms with Crippen LogP contribution in [-0.2, 0) is 19.3 Å². The van der Waals surface area contributed by atoms with Gasteiger partial charge < -0.3 is 5.32 Å². The second kappa shape index (κ2) is 5.98. The van der Waals surface area contributed by atoms with Crippen molar-refractivity contribution >= 4 is 0 Å². The van der Waals surface area contributed by atoms with E-state index in [4.69, 9.17) is 0 Å². The molecule has 0 aromatic heterocycles. The van der Waals surface area contributed by atoms with Crippen molar-refractivity contribution in [1.29, 1.82) is 0 Å². The molecule has 0 fully saturated rings. The van der Waals surface area contributed by atoms with Gasteiger partial charge in [-0.15, -0.1) is 0 Å². The third-order valence-corrected chi connectivity index (χ3v) is 4.60. The number of hydrogen-bond donors (Lipinski definition) is 1. The van der Waals surface area contributed by atoms with E-state index in [9.17, 15) is 4.39 Å². The molecule has 110 valence electrons. The Hall–Kier alpha value is -1.67. The molecule has 0 radical (unpaired) electrons. The molecule has 2 aromatic rings. The normalized spacial score (nSPS) is 15.0. The van der Waals surface area contributed by atoms with Gasteiger partial charge in [0.1, 0.15) is 5.82 Å². The minimum absolute atomic E-state index is 0.158. The fraction of sp³-hybridized carbons (Fsp3) is 0.368. The quantitative estimate of drug-likeness (QED) is 0.889. The first kappa shape index (κ1) is 14.3. The number of hydrogen-bond acceptors (Lipinski definition) is 1. The van der Waals surface area contributed by atoms with Crippen LogP contribution in [0.15, 0.2) is 36.4 Å². The lowest BCUT2D eigenvalue weighted by Gasteiger charge is -2.19. The Labute approximate surface area is 126 Å². The summed E-state index contributed by atoms with van der Waals surface area (Å²) in [5, 5.41) is 3.41. The van der Waals surface area contributed by atoms with Crippen molar-refractivity contribution in [2.24, 2.45) is 0 Å². The highest BCUT2D eigenvalue weighted by molar-refractivity contribution is 5.37. The molecule has 0 amide bonds. The van der Waals surface area contributed by atoms with Crippen LogP contribution in [0.5, 0.6) is 0 Å². The van der Waals surface area contributed by atoms with E-state index >= 15 is 0 Å². The summed E-state index contributed by atoms with van der Waals surface area (Å²) in [6.07, 6.45) is 4.59. The molecule has 0 spiro atoms. The third-order valence-electron chi connectivity index (χ3n) is 4.60. The number of benzene rings is 2. The van der Waals surface area contributed by atoms with Gasteiger partial charge in [-0.3, -0.25) is 0 Å². The summed E-state index contributed by atoms with van der Waals surface area (Å²) >= 11 is 0. The van der Waals surface area contributed by atoms with Gasteiger partial charge in [-0.2, -0.15) is 0 Å². The molecule has 0 bridgehead atoms. The minimum atomic E-state index is -0.158. The molecule has 0 heterocycles. The molecule has 0 saturated heterocycles. The van der Waals surface area contributed by atoms with Gasteiger partial charge in [-0.1, -0.05) is 24.3 Å². The smallest absolute Gasteiger partial charge is 0.123 e. The van der Waals surface area contributed by atoms with Crippen molar-refractivity contribution in [3.63, 3.8) is 0 Å². The summed E-state index contributed by atoms with van der Waals surface area (Å²) in [7, 11) is 2.00. The average Bonchev–Trinajstić information content (AvgIpc) is 2.94. The number of halogens is 1. The maximum atomic E-state index is 13.2. The van der Waals surface area contributed by atoms with Crippen LogP contribution in [0.3, 0.4) is 0 Å². The van der Waals surface area contributed by atoms with Crippen LogP contribution in [0.1, 0.15) is 40.3 Å². The molecule has 1 unspecified atom stereocenters. The molecule has 0 saturated carbocycles. The zero-order chi connectivity index (χ0) is 14.8. The van der Waals surface area contributed by atoms with Crippen molar-refractivity contribution in [3.8, 4) is 0 Å². The zero-order valence-corrected chi connectivity index (χ0v) is 12.7. The molecule has 1 aliphatic carbocycles. The fourth-order valence-electron chi connectivity index (χ4n) is 3.30. The van der Waals surface area contributed by atoms with Crippen LogP contribution in [0.25, 0.3) is 0 Å². The molecule has 2 aromatic carbocycles. The monoisotopic (exact) mass is 283 g/mol. The molecular formula is C19H22FN. The zero-order valence-electron chi connectivity index (χ0n) is 12.7. The predicted molar refractivity (Wildman–Crippen MR) is 85.1 cm³/mol. The van der Waals surface area contributed by atoms with Crippen LogP contribution in [-0.4, -0.2) is 7.05 Å². The van der Waals surface area contributed by atoms with Crippen LogP contribution in [0, 0.1) is 12.7 Å². The molecule has 1 N–H and O–H groups in total. The van der Waals surface area contributed by atoms with Crippen molar-refractivity contribution in [3.05, 3.63) is 70.0 Å². The van der Waals surface area contributed by atoms with E-state index in [1.165, 1.54) is 41.5 Å². The van der Waals surface area contributed by atoms with Gasteiger partial charge in [0.05, 0.1) is 0 Å². The first-order chi connectivity index (χ1) is 10.2. The summed E-state index contributed by atoms with van der Waals surface area (Å²) in [5.74, 6) is -0.158. The van der Waals surface area contributed by atoms with Gasteiger partial charge in [-0.05, 0) is 79.6 Å². The molecule has 3 rings (SSSR count). The Kier molecular flexibility index (Phi) is 4.07. The maximum Gasteiger partial charge on any atom is 0.123 e. The van der Waals surface area contributed by atoms with Gasteiger partial charge in [0.2, 0.25) is 0 Å². The van der Waals surface area contributed by atoms with E-state index in [0.29, 0.717) is 0 Å². The molecular weight excluding hydrogens is 261 g/mol. The van der Waals surface area contributed by atoms with E-state index in [1.54, 1.807) is 12.1 Å². The van der Waals surface area contributed by atoms with Crippen LogP contribution in [0.2, 0.25) is 0 Å².